The molecular weight excluding hydrogens is 326 g/mol. The first-order valence-corrected chi connectivity index (χ1v) is 9.21. The lowest BCUT2D eigenvalue weighted by Crippen LogP contribution is -2.35. The molecule has 5 nitrogen and oxygen atoms in total. The third-order valence-corrected chi connectivity index (χ3v) is 4.51. The number of piperidine rings is 1. The number of carbonyl (C=O) groups is 2. The second kappa shape index (κ2) is 9.04. The summed E-state index contributed by atoms with van der Waals surface area (Å²) in [5, 5.41) is 5.73. The molecule has 2 aromatic carbocycles. The van der Waals surface area contributed by atoms with Crippen molar-refractivity contribution in [2.75, 3.05) is 23.3 Å². The van der Waals surface area contributed by atoms with Crippen LogP contribution in [0.5, 0.6) is 0 Å². The van der Waals surface area contributed by atoms with Gasteiger partial charge in [0, 0.05) is 30.9 Å². The van der Waals surface area contributed by atoms with Gasteiger partial charge in [0.05, 0.1) is 0 Å². The highest BCUT2D eigenvalue weighted by Gasteiger charge is 2.19. The van der Waals surface area contributed by atoms with E-state index in [2.05, 4.69) is 22.8 Å². The van der Waals surface area contributed by atoms with Gasteiger partial charge in [0.15, 0.2) is 0 Å². The van der Waals surface area contributed by atoms with Gasteiger partial charge in [0.2, 0.25) is 5.91 Å². The van der Waals surface area contributed by atoms with Gasteiger partial charge in [0.25, 0.3) is 0 Å². The summed E-state index contributed by atoms with van der Waals surface area (Å²) in [5.41, 5.74) is 2.81. The van der Waals surface area contributed by atoms with E-state index < -0.39 is 0 Å². The number of benzene rings is 2. The molecule has 0 radical (unpaired) electrons. The zero-order valence-electron chi connectivity index (χ0n) is 14.9. The number of rotatable bonds is 6. The van der Waals surface area contributed by atoms with E-state index >= 15 is 0 Å². The number of carbonyl (C=O) groups excluding carboxylic acids is 2. The molecule has 26 heavy (non-hydrogen) atoms. The number of hydrogen-bond acceptors (Lipinski definition) is 2. The Morgan fingerprint density at radius 2 is 1.88 bits per heavy atom. The van der Waals surface area contributed by atoms with E-state index in [9.17, 15) is 9.59 Å². The summed E-state index contributed by atoms with van der Waals surface area (Å²) >= 11 is 0. The van der Waals surface area contributed by atoms with Crippen molar-refractivity contribution < 1.29 is 9.59 Å². The first-order valence-electron chi connectivity index (χ1n) is 9.21. The molecule has 3 amide bonds. The minimum absolute atomic E-state index is 0.152. The van der Waals surface area contributed by atoms with Crippen molar-refractivity contribution in [3.8, 4) is 0 Å². The normalized spacial score (nSPS) is 14.2. The van der Waals surface area contributed by atoms with E-state index in [0.717, 1.165) is 37.9 Å². The molecule has 0 saturated carbocycles. The molecule has 5 heteroatoms. The number of aryl methyl sites for hydroxylation is 1. The second-order valence-electron chi connectivity index (χ2n) is 6.52. The Balaban J connectivity index is 1.46. The van der Waals surface area contributed by atoms with Gasteiger partial charge in [-0.15, -0.1) is 0 Å². The number of urea groups is 1. The summed E-state index contributed by atoms with van der Waals surface area (Å²) in [6.07, 6.45) is 4.40. The highest BCUT2D eigenvalue weighted by molar-refractivity contribution is 5.95. The molecule has 2 N–H and O–H groups in total. The van der Waals surface area contributed by atoms with Crippen LogP contribution in [0.2, 0.25) is 0 Å². The molecule has 1 aliphatic rings. The molecule has 136 valence electrons. The molecule has 0 aliphatic carbocycles. The third-order valence-electron chi connectivity index (χ3n) is 4.51. The summed E-state index contributed by atoms with van der Waals surface area (Å²) < 4.78 is 0. The predicted molar refractivity (Wildman–Crippen MR) is 104 cm³/mol. The summed E-state index contributed by atoms with van der Waals surface area (Å²) in [4.78, 5) is 25.9. The van der Waals surface area contributed by atoms with E-state index in [1.54, 1.807) is 4.90 Å². The largest absolute Gasteiger partial charge is 0.338 e. The number of anilines is 2. The van der Waals surface area contributed by atoms with Crippen LogP contribution in [0.25, 0.3) is 0 Å². The average molecular weight is 351 g/mol. The Bertz CT molecular complexity index is 746. The molecular formula is C21H25N3O2. The molecule has 1 saturated heterocycles. The summed E-state index contributed by atoms with van der Waals surface area (Å²) in [5.74, 6) is 0.152. The number of hydrogen-bond donors (Lipinski definition) is 2. The summed E-state index contributed by atoms with van der Waals surface area (Å²) in [6, 6.07) is 17.5. The van der Waals surface area contributed by atoms with Gasteiger partial charge in [-0.1, -0.05) is 36.4 Å². The van der Waals surface area contributed by atoms with Crippen molar-refractivity contribution in [2.24, 2.45) is 0 Å². The summed E-state index contributed by atoms with van der Waals surface area (Å²) in [6.45, 7) is 1.36. The first-order chi connectivity index (χ1) is 12.7. The van der Waals surface area contributed by atoms with Crippen molar-refractivity contribution in [1.82, 2.24) is 5.32 Å². The number of amides is 3. The first kappa shape index (κ1) is 18.0. The minimum Gasteiger partial charge on any atom is -0.338 e. The van der Waals surface area contributed by atoms with Gasteiger partial charge in [-0.25, -0.2) is 4.79 Å². The Labute approximate surface area is 154 Å². The predicted octanol–water partition coefficient (Wildman–Crippen LogP) is 3.96. The quantitative estimate of drug-likeness (QED) is 0.774. The highest BCUT2D eigenvalue weighted by Crippen LogP contribution is 2.23. The molecule has 1 fully saturated rings. The van der Waals surface area contributed by atoms with Crippen LogP contribution < -0.4 is 15.5 Å². The fourth-order valence-corrected chi connectivity index (χ4v) is 3.14. The van der Waals surface area contributed by atoms with Crippen LogP contribution in [0.4, 0.5) is 16.2 Å². The van der Waals surface area contributed by atoms with Gasteiger partial charge in [-0.2, -0.15) is 0 Å². The molecule has 0 atom stereocenters. The van der Waals surface area contributed by atoms with Gasteiger partial charge in [-0.3, -0.25) is 4.79 Å². The van der Waals surface area contributed by atoms with Gasteiger partial charge in [-0.05, 0) is 49.4 Å². The lowest BCUT2D eigenvalue weighted by atomic mass is 10.1. The molecule has 1 aliphatic heterocycles. The van der Waals surface area contributed by atoms with Gasteiger partial charge < -0.3 is 15.5 Å². The van der Waals surface area contributed by atoms with E-state index in [1.165, 1.54) is 5.56 Å². The van der Waals surface area contributed by atoms with Crippen LogP contribution in [0, 0.1) is 0 Å². The minimum atomic E-state index is -0.222. The zero-order valence-corrected chi connectivity index (χ0v) is 14.9. The van der Waals surface area contributed by atoms with Crippen LogP contribution in [-0.2, 0) is 11.2 Å². The summed E-state index contributed by atoms with van der Waals surface area (Å²) in [7, 11) is 0. The second-order valence-corrected chi connectivity index (χ2v) is 6.52. The lowest BCUT2D eigenvalue weighted by Gasteiger charge is -2.27. The molecule has 0 spiro atoms. The third kappa shape index (κ3) is 5.09. The fraction of sp³-hybridized carbons (Fsp3) is 0.333. The van der Waals surface area contributed by atoms with Crippen LogP contribution in [0.3, 0.4) is 0 Å². The number of nitrogens with zero attached hydrogens (tertiary/aromatic N) is 1. The maximum atomic E-state index is 12.1. The van der Waals surface area contributed by atoms with E-state index in [1.807, 2.05) is 42.5 Å². The lowest BCUT2D eigenvalue weighted by molar-refractivity contribution is -0.119. The maximum Gasteiger partial charge on any atom is 0.319 e. The molecule has 0 unspecified atom stereocenters. The standard InChI is InChI=1S/C21H25N3O2/c25-20-13-4-5-15-24(20)19-12-6-11-18(16-19)23-21(26)22-14-7-10-17-8-2-1-3-9-17/h1-3,6,8-9,11-12,16H,4-5,7,10,13-15H2,(H2,22,23,26). The van der Waals surface area contributed by atoms with Crippen LogP contribution in [0.15, 0.2) is 54.6 Å². The average Bonchev–Trinajstić information content (AvgIpc) is 2.67. The Morgan fingerprint density at radius 1 is 1.04 bits per heavy atom. The van der Waals surface area contributed by atoms with Crippen molar-refractivity contribution >= 4 is 23.3 Å². The smallest absolute Gasteiger partial charge is 0.319 e. The monoisotopic (exact) mass is 351 g/mol. The maximum absolute atomic E-state index is 12.1. The fourth-order valence-electron chi connectivity index (χ4n) is 3.14. The Hall–Kier alpha value is -2.82. The van der Waals surface area contributed by atoms with Crippen molar-refractivity contribution in [3.05, 3.63) is 60.2 Å². The molecule has 2 aromatic rings. The molecule has 0 bridgehead atoms. The van der Waals surface area contributed by atoms with Crippen molar-refractivity contribution in [3.63, 3.8) is 0 Å². The van der Waals surface area contributed by atoms with E-state index in [-0.39, 0.29) is 11.9 Å². The van der Waals surface area contributed by atoms with E-state index in [0.29, 0.717) is 18.7 Å². The van der Waals surface area contributed by atoms with Gasteiger partial charge >= 0.3 is 6.03 Å². The van der Waals surface area contributed by atoms with Gasteiger partial charge in [0.1, 0.15) is 0 Å². The van der Waals surface area contributed by atoms with Crippen LogP contribution in [-0.4, -0.2) is 25.0 Å². The van der Waals surface area contributed by atoms with E-state index in [4.69, 9.17) is 0 Å². The Kier molecular flexibility index (Phi) is 6.25. The topological polar surface area (TPSA) is 61.4 Å². The van der Waals surface area contributed by atoms with Crippen molar-refractivity contribution in [1.29, 1.82) is 0 Å². The molecule has 0 aromatic heterocycles. The van der Waals surface area contributed by atoms with Crippen molar-refractivity contribution in [2.45, 2.75) is 32.1 Å². The molecule has 3 rings (SSSR count). The molecule has 1 heterocycles. The van der Waals surface area contributed by atoms with Crippen LogP contribution >= 0.6 is 0 Å². The zero-order chi connectivity index (χ0) is 18.2. The SMILES string of the molecule is O=C(NCCCc1ccccc1)Nc1cccc(N2CCCCC2=O)c1. The number of nitrogens with one attached hydrogen (secondary N) is 2. The Morgan fingerprint density at radius 3 is 2.69 bits per heavy atom. The van der Waals surface area contributed by atoms with Crippen LogP contribution in [0.1, 0.15) is 31.2 Å². The highest BCUT2D eigenvalue weighted by atomic mass is 16.2.